The van der Waals surface area contributed by atoms with Gasteiger partial charge in [0.25, 0.3) is 0 Å². The van der Waals surface area contributed by atoms with Crippen molar-refractivity contribution in [3.05, 3.63) is 17.7 Å². The Balaban J connectivity index is 1.89. The third-order valence-corrected chi connectivity index (χ3v) is 4.16. The number of nitrogens with one attached hydrogen (secondary N) is 1. The maximum Gasteiger partial charge on any atom is 0.317 e. The van der Waals surface area contributed by atoms with E-state index in [0.29, 0.717) is 5.92 Å². The smallest absolute Gasteiger partial charge is 0.317 e. The van der Waals surface area contributed by atoms with Gasteiger partial charge in [0.2, 0.25) is 0 Å². The average molecular weight is 292 g/mol. The molecule has 0 aliphatic carbocycles. The minimum absolute atomic E-state index is 0.0902. The third-order valence-electron chi connectivity index (χ3n) is 4.16. The molecule has 1 unspecified atom stereocenters. The summed E-state index contributed by atoms with van der Waals surface area (Å²) in [4.78, 5) is 18.5. The zero-order valence-corrected chi connectivity index (χ0v) is 13.6. The highest BCUT2D eigenvalue weighted by molar-refractivity contribution is 5.74. The van der Waals surface area contributed by atoms with Crippen molar-refractivity contribution >= 4 is 6.03 Å². The number of aromatic nitrogens is 2. The Labute approximate surface area is 127 Å². The molecule has 1 aromatic heterocycles. The molecule has 1 saturated heterocycles. The highest BCUT2D eigenvalue weighted by atomic mass is 16.2. The highest BCUT2D eigenvalue weighted by Gasteiger charge is 2.27. The Morgan fingerprint density at radius 2 is 2.24 bits per heavy atom. The predicted molar refractivity (Wildman–Crippen MR) is 84.3 cm³/mol. The van der Waals surface area contributed by atoms with Crippen LogP contribution in [0.5, 0.6) is 0 Å². The summed E-state index contributed by atoms with van der Waals surface area (Å²) < 4.78 is 2.32. The molecule has 5 heteroatoms. The number of carbonyl (C=O) groups is 1. The van der Waals surface area contributed by atoms with Crippen LogP contribution in [0.1, 0.15) is 44.6 Å². The largest absolute Gasteiger partial charge is 0.338 e. The van der Waals surface area contributed by atoms with Crippen LogP contribution in [0.15, 0.2) is 6.20 Å². The van der Waals surface area contributed by atoms with Crippen molar-refractivity contribution in [3.63, 3.8) is 0 Å². The van der Waals surface area contributed by atoms with Crippen molar-refractivity contribution < 1.29 is 4.79 Å². The van der Waals surface area contributed by atoms with Crippen LogP contribution < -0.4 is 5.32 Å². The number of amides is 2. The van der Waals surface area contributed by atoms with Crippen molar-refractivity contribution in [2.24, 2.45) is 5.92 Å². The molecule has 0 radical (unpaired) electrons. The number of aryl methyl sites for hydroxylation is 1. The molecule has 5 nitrogen and oxygen atoms in total. The van der Waals surface area contributed by atoms with Gasteiger partial charge in [-0.2, -0.15) is 0 Å². The normalized spacial score (nSPS) is 18.2. The quantitative estimate of drug-likeness (QED) is 0.876. The van der Waals surface area contributed by atoms with Gasteiger partial charge in [-0.25, -0.2) is 9.78 Å². The van der Waals surface area contributed by atoms with E-state index in [1.807, 2.05) is 11.1 Å². The fourth-order valence-corrected chi connectivity index (χ4v) is 2.99. The summed E-state index contributed by atoms with van der Waals surface area (Å²) in [6, 6.07) is 0.0902. The van der Waals surface area contributed by atoms with Crippen LogP contribution in [0.4, 0.5) is 4.79 Å². The van der Waals surface area contributed by atoms with Crippen LogP contribution in [0, 0.1) is 12.8 Å². The molecule has 1 N–H and O–H groups in total. The molecule has 0 saturated carbocycles. The summed E-state index contributed by atoms with van der Waals surface area (Å²) >= 11 is 0. The molecule has 2 rings (SSSR count). The van der Waals surface area contributed by atoms with Gasteiger partial charge in [-0.05, 0) is 32.1 Å². The highest BCUT2D eigenvalue weighted by Crippen LogP contribution is 2.21. The predicted octanol–water partition coefficient (Wildman–Crippen LogP) is 2.59. The van der Waals surface area contributed by atoms with E-state index in [0.717, 1.165) is 51.9 Å². The van der Waals surface area contributed by atoms with Crippen molar-refractivity contribution in [2.75, 3.05) is 19.6 Å². The number of imidazole rings is 1. The van der Waals surface area contributed by atoms with Crippen molar-refractivity contribution in [1.29, 1.82) is 0 Å². The molecule has 1 aliphatic heterocycles. The van der Waals surface area contributed by atoms with Gasteiger partial charge in [-0.1, -0.05) is 13.8 Å². The minimum Gasteiger partial charge on any atom is -0.338 e. The lowest BCUT2D eigenvalue weighted by Crippen LogP contribution is -2.38. The van der Waals surface area contributed by atoms with E-state index >= 15 is 0 Å². The molecule has 0 aromatic carbocycles. The van der Waals surface area contributed by atoms with Gasteiger partial charge >= 0.3 is 6.03 Å². The summed E-state index contributed by atoms with van der Waals surface area (Å²) in [5.41, 5.74) is 1.24. The van der Waals surface area contributed by atoms with E-state index in [2.05, 4.69) is 35.6 Å². The number of hydrogen-bond acceptors (Lipinski definition) is 2. The number of rotatable bonds is 6. The second-order valence-electron chi connectivity index (χ2n) is 6.00. The van der Waals surface area contributed by atoms with Crippen LogP contribution >= 0.6 is 0 Å². The summed E-state index contributed by atoms with van der Waals surface area (Å²) in [6.07, 6.45) is 6.13. The number of carbonyl (C=O) groups excluding carboxylic acids is 1. The molecule has 1 aliphatic rings. The van der Waals surface area contributed by atoms with Gasteiger partial charge < -0.3 is 14.8 Å². The number of nitrogens with zero attached hydrogens (tertiary/aromatic N) is 3. The van der Waals surface area contributed by atoms with Gasteiger partial charge in [-0.15, -0.1) is 0 Å². The zero-order chi connectivity index (χ0) is 15.2. The first kappa shape index (κ1) is 15.9. The Morgan fingerprint density at radius 3 is 2.95 bits per heavy atom. The fraction of sp³-hybridized carbons (Fsp3) is 0.750. The zero-order valence-electron chi connectivity index (χ0n) is 13.6. The van der Waals surface area contributed by atoms with Gasteiger partial charge in [0.15, 0.2) is 0 Å². The van der Waals surface area contributed by atoms with Gasteiger partial charge in [0.1, 0.15) is 5.82 Å². The molecule has 21 heavy (non-hydrogen) atoms. The van der Waals surface area contributed by atoms with E-state index < -0.39 is 0 Å². The van der Waals surface area contributed by atoms with Crippen LogP contribution in [0.3, 0.4) is 0 Å². The van der Waals surface area contributed by atoms with Crippen molar-refractivity contribution in [2.45, 2.75) is 53.0 Å². The maximum absolute atomic E-state index is 12.0. The third kappa shape index (κ3) is 3.99. The lowest BCUT2D eigenvalue weighted by Gasteiger charge is -2.17. The number of likely N-dealkylation sites (tertiary alicyclic amines) is 1. The fourth-order valence-electron chi connectivity index (χ4n) is 2.99. The van der Waals surface area contributed by atoms with Crippen LogP contribution in [0.25, 0.3) is 0 Å². The Morgan fingerprint density at radius 1 is 1.43 bits per heavy atom. The van der Waals surface area contributed by atoms with E-state index in [1.54, 1.807) is 0 Å². The summed E-state index contributed by atoms with van der Waals surface area (Å²) in [5.74, 6) is 1.71. The van der Waals surface area contributed by atoms with E-state index in [-0.39, 0.29) is 6.03 Å². The summed E-state index contributed by atoms with van der Waals surface area (Å²) in [5, 5.41) is 2.96. The number of urea groups is 1. The Bertz CT molecular complexity index is 469. The van der Waals surface area contributed by atoms with Crippen LogP contribution in [-0.4, -0.2) is 40.1 Å². The molecule has 0 bridgehead atoms. The lowest BCUT2D eigenvalue weighted by molar-refractivity contribution is 0.207. The SMILES string of the molecule is CCCNC(=O)N1CCC(Cc2ncc(C)n2CCC)C1. The van der Waals surface area contributed by atoms with Gasteiger partial charge in [0, 0.05) is 44.5 Å². The summed E-state index contributed by atoms with van der Waals surface area (Å²) in [7, 11) is 0. The van der Waals surface area contributed by atoms with E-state index in [1.165, 1.54) is 11.5 Å². The molecule has 2 amide bonds. The molecular weight excluding hydrogens is 264 g/mol. The molecule has 0 spiro atoms. The molecular formula is C16H28N4O. The van der Waals surface area contributed by atoms with Crippen molar-refractivity contribution in [3.8, 4) is 0 Å². The van der Waals surface area contributed by atoms with E-state index in [4.69, 9.17) is 0 Å². The van der Waals surface area contributed by atoms with Crippen LogP contribution in [-0.2, 0) is 13.0 Å². The Hall–Kier alpha value is -1.52. The molecule has 118 valence electrons. The monoisotopic (exact) mass is 292 g/mol. The second kappa shape index (κ2) is 7.48. The molecule has 1 aromatic rings. The average Bonchev–Trinajstić information content (AvgIpc) is 3.07. The lowest BCUT2D eigenvalue weighted by atomic mass is 10.0. The first-order chi connectivity index (χ1) is 10.2. The first-order valence-corrected chi connectivity index (χ1v) is 8.19. The summed E-state index contributed by atoms with van der Waals surface area (Å²) in [6.45, 7) is 9.91. The topological polar surface area (TPSA) is 50.2 Å². The van der Waals surface area contributed by atoms with Crippen molar-refractivity contribution in [1.82, 2.24) is 19.8 Å². The van der Waals surface area contributed by atoms with Gasteiger partial charge in [-0.3, -0.25) is 0 Å². The molecule has 1 fully saturated rings. The standard InChI is InChI=1S/C16H28N4O/c1-4-7-17-16(21)19-9-6-14(12-19)10-15-18-11-13(3)20(15)8-5-2/h11,14H,4-10,12H2,1-3H3,(H,17,21). The number of hydrogen-bond donors (Lipinski definition) is 1. The molecule has 2 heterocycles. The molecule has 1 atom stereocenters. The minimum atomic E-state index is 0.0902. The second-order valence-corrected chi connectivity index (χ2v) is 6.00. The van der Waals surface area contributed by atoms with Crippen LogP contribution in [0.2, 0.25) is 0 Å². The van der Waals surface area contributed by atoms with E-state index in [9.17, 15) is 4.79 Å². The first-order valence-electron chi connectivity index (χ1n) is 8.19. The van der Waals surface area contributed by atoms with Gasteiger partial charge in [0.05, 0.1) is 0 Å². The Kier molecular flexibility index (Phi) is 5.65. The maximum atomic E-state index is 12.0.